The lowest BCUT2D eigenvalue weighted by Gasteiger charge is -2.01. The Hall–Kier alpha value is -1.02. The molecule has 0 spiro atoms. The van der Waals surface area contributed by atoms with Gasteiger partial charge in [-0.3, -0.25) is 0 Å². The van der Waals surface area contributed by atoms with Gasteiger partial charge in [-0.1, -0.05) is 0 Å². The van der Waals surface area contributed by atoms with E-state index in [1.165, 1.54) is 10.8 Å². The summed E-state index contributed by atoms with van der Waals surface area (Å²) >= 11 is 1.68. The molecule has 67 valence electrons. The maximum absolute atomic E-state index is 5.41. The molecule has 0 amide bonds. The van der Waals surface area contributed by atoms with Crippen molar-refractivity contribution in [3.05, 3.63) is 35.4 Å². The molecule has 2 aromatic rings. The Kier molecular flexibility index (Phi) is 2.23. The Bertz CT molecular complexity index is 417. The average Bonchev–Trinajstić information content (AvgIpc) is 2.48. The van der Waals surface area contributed by atoms with E-state index in [-0.39, 0.29) is 0 Å². The third kappa shape index (κ3) is 1.54. The molecule has 0 atom stereocenters. The first-order chi connectivity index (χ1) is 6.31. The molecule has 0 fully saturated rings. The van der Waals surface area contributed by atoms with Crippen molar-refractivity contribution >= 4 is 22.1 Å². The molecule has 0 aliphatic carbocycles. The third-order valence-corrected chi connectivity index (χ3v) is 2.84. The number of thiophene rings is 1. The summed E-state index contributed by atoms with van der Waals surface area (Å²) in [6.07, 6.45) is 0. The van der Waals surface area contributed by atoms with Crippen LogP contribution in [0.4, 0.5) is 0 Å². The zero-order valence-corrected chi connectivity index (χ0v) is 8.36. The Morgan fingerprint density at radius 3 is 3.08 bits per heavy atom. The lowest BCUT2D eigenvalue weighted by Crippen LogP contribution is -1.90. The van der Waals surface area contributed by atoms with Crippen LogP contribution < -0.4 is 4.74 Å². The van der Waals surface area contributed by atoms with Gasteiger partial charge in [0.2, 0.25) is 0 Å². The monoisotopic (exact) mass is 191 g/mol. The predicted molar refractivity (Wildman–Crippen MR) is 57.5 cm³/mol. The second kappa shape index (κ2) is 3.38. The maximum Gasteiger partial charge on any atom is 0.119 e. The van der Waals surface area contributed by atoms with Gasteiger partial charge < -0.3 is 4.74 Å². The van der Waals surface area contributed by atoms with Crippen LogP contribution in [-0.4, -0.2) is 6.61 Å². The summed E-state index contributed by atoms with van der Waals surface area (Å²) in [4.78, 5) is 1.12. The van der Waals surface area contributed by atoms with Gasteiger partial charge in [0, 0.05) is 4.88 Å². The summed E-state index contributed by atoms with van der Waals surface area (Å²) in [7, 11) is 0. The van der Waals surface area contributed by atoms with Crippen molar-refractivity contribution in [3.63, 3.8) is 0 Å². The number of hydrogen-bond donors (Lipinski definition) is 0. The van der Waals surface area contributed by atoms with Gasteiger partial charge in [-0.2, -0.15) is 0 Å². The molecule has 1 aromatic heterocycles. The molecule has 0 saturated carbocycles. The van der Waals surface area contributed by atoms with Crippen LogP contribution in [0.3, 0.4) is 0 Å². The average molecular weight is 191 g/mol. The Balaban J connectivity index is 2.50. The van der Waals surface area contributed by atoms with E-state index in [1.54, 1.807) is 11.3 Å². The molecule has 0 saturated heterocycles. The fourth-order valence-electron chi connectivity index (χ4n) is 1.35. The number of ether oxygens (including phenoxy) is 1. The molecule has 2 rings (SSSR count). The van der Waals surface area contributed by atoms with Crippen molar-refractivity contribution in [2.45, 2.75) is 6.92 Å². The molecule has 0 aliphatic heterocycles. The van der Waals surface area contributed by atoms with Crippen LogP contribution in [0.5, 0.6) is 5.75 Å². The number of hydrogen-bond acceptors (Lipinski definition) is 2. The van der Waals surface area contributed by atoms with Crippen LogP contribution in [0, 0.1) is 6.92 Å². The molecule has 2 heteroatoms. The highest BCUT2D eigenvalue weighted by Gasteiger charge is 2.00. The molecule has 0 unspecified atom stereocenters. The molecule has 1 aromatic carbocycles. The first-order valence-electron chi connectivity index (χ1n) is 4.27. The Labute approximate surface area is 82.0 Å². The largest absolute Gasteiger partial charge is 0.494 e. The van der Waals surface area contributed by atoms with Gasteiger partial charge in [0.05, 0.1) is 6.61 Å². The van der Waals surface area contributed by atoms with Gasteiger partial charge in [0.25, 0.3) is 0 Å². The summed E-state index contributed by atoms with van der Waals surface area (Å²) in [6.45, 7) is 6.67. The molecule has 1 nitrogen and oxygen atoms in total. The highest BCUT2D eigenvalue weighted by Crippen LogP contribution is 2.28. The van der Waals surface area contributed by atoms with E-state index in [0.717, 1.165) is 10.6 Å². The lowest BCUT2D eigenvalue weighted by molar-refractivity contribution is 0.341. The van der Waals surface area contributed by atoms with Crippen LogP contribution in [0.1, 0.15) is 11.8 Å². The fraction of sp³-hybridized carbons (Fsp3) is 0.182. The van der Waals surface area contributed by atoms with Crippen LogP contribution in [0.2, 0.25) is 0 Å². The SMILES string of the molecule is [CH2]c1scc2cc(OCC)ccc12. The van der Waals surface area contributed by atoms with Crippen molar-refractivity contribution < 1.29 is 4.74 Å². The second-order valence-corrected chi connectivity index (χ2v) is 3.81. The minimum Gasteiger partial charge on any atom is -0.494 e. The smallest absolute Gasteiger partial charge is 0.119 e. The van der Waals surface area contributed by atoms with Crippen LogP contribution in [0.25, 0.3) is 10.8 Å². The first-order valence-corrected chi connectivity index (χ1v) is 5.15. The van der Waals surface area contributed by atoms with E-state index < -0.39 is 0 Å². The van der Waals surface area contributed by atoms with E-state index >= 15 is 0 Å². The molecule has 0 N–H and O–H groups in total. The number of benzene rings is 1. The predicted octanol–water partition coefficient (Wildman–Crippen LogP) is 3.48. The van der Waals surface area contributed by atoms with Gasteiger partial charge >= 0.3 is 0 Å². The number of rotatable bonds is 2. The Morgan fingerprint density at radius 1 is 1.46 bits per heavy atom. The van der Waals surface area contributed by atoms with E-state index in [0.29, 0.717) is 6.61 Å². The van der Waals surface area contributed by atoms with Gasteiger partial charge in [-0.25, -0.2) is 0 Å². The molecule has 13 heavy (non-hydrogen) atoms. The summed E-state index contributed by atoms with van der Waals surface area (Å²) in [5.74, 6) is 0.938. The topological polar surface area (TPSA) is 9.23 Å². The summed E-state index contributed by atoms with van der Waals surface area (Å²) in [5.41, 5.74) is 0. The molecular weight excluding hydrogens is 180 g/mol. The van der Waals surface area contributed by atoms with E-state index in [1.807, 2.05) is 13.0 Å². The van der Waals surface area contributed by atoms with Crippen molar-refractivity contribution in [2.24, 2.45) is 0 Å². The van der Waals surface area contributed by atoms with Crippen LogP contribution in [-0.2, 0) is 0 Å². The summed E-state index contributed by atoms with van der Waals surface area (Å²) in [6, 6.07) is 6.12. The highest BCUT2D eigenvalue weighted by molar-refractivity contribution is 7.11. The van der Waals surface area contributed by atoms with Crippen molar-refractivity contribution in [1.82, 2.24) is 0 Å². The fourth-order valence-corrected chi connectivity index (χ4v) is 2.12. The van der Waals surface area contributed by atoms with Gasteiger partial charge in [0.15, 0.2) is 0 Å². The molecule has 1 heterocycles. The van der Waals surface area contributed by atoms with Gasteiger partial charge in [0.1, 0.15) is 5.75 Å². The highest BCUT2D eigenvalue weighted by atomic mass is 32.1. The Morgan fingerprint density at radius 2 is 2.31 bits per heavy atom. The van der Waals surface area contributed by atoms with E-state index in [2.05, 4.69) is 24.4 Å². The standard InChI is InChI=1S/C11H11OS/c1-3-12-10-4-5-11-8(2)13-7-9(11)6-10/h4-7H,2-3H2,1H3. The maximum atomic E-state index is 5.41. The molecular formula is C11H11OS. The zero-order valence-electron chi connectivity index (χ0n) is 7.54. The molecule has 0 bridgehead atoms. The van der Waals surface area contributed by atoms with Crippen molar-refractivity contribution in [3.8, 4) is 5.75 Å². The van der Waals surface area contributed by atoms with Crippen LogP contribution in [0.15, 0.2) is 23.6 Å². The van der Waals surface area contributed by atoms with Gasteiger partial charge in [-0.05, 0) is 48.2 Å². The minimum absolute atomic E-state index is 0.715. The van der Waals surface area contributed by atoms with E-state index in [4.69, 9.17) is 4.74 Å². The third-order valence-electron chi connectivity index (χ3n) is 1.96. The quantitative estimate of drug-likeness (QED) is 0.706. The number of fused-ring (bicyclic) bond motifs is 1. The van der Waals surface area contributed by atoms with Crippen molar-refractivity contribution in [2.75, 3.05) is 6.61 Å². The summed E-state index contributed by atoms with van der Waals surface area (Å²) in [5, 5.41) is 4.56. The lowest BCUT2D eigenvalue weighted by atomic mass is 10.2. The van der Waals surface area contributed by atoms with Crippen LogP contribution >= 0.6 is 11.3 Å². The minimum atomic E-state index is 0.715. The zero-order chi connectivity index (χ0) is 9.26. The first kappa shape index (κ1) is 8.57. The second-order valence-electron chi connectivity index (χ2n) is 2.84. The van der Waals surface area contributed by atoms with Crippen molar-refractivity contribution in [1.29, 1.82) is 0 Å². The molecule has 1 radical (unpaired) electrons. The summed E-state index contributed by atoms with van der Waals surface area (Å²) < 4.78 is 5.41. The van der Waals surface area contributed by atoms with E-state index in [9.17, 15) is 0 Å². The normalized spacial score (nSPS) is 10.6. The molecule has 0 aliphatic rings. The van der Waals surface area contributed by atoms with Gasteiger partial charge in [-0.15, -0.1) is 11.3 Å².